The van der Waals surface area contributed by atoms with Crippen LogP contribution in [0.25, 0.3) is 5.65 Å². The largest absolute Gasteiger partial charge is 0.308 e. The molecule has 1 N–H and O–H groups in total. The van der Waals surface area contributed by atoms with Crippen molar-refractivity contribution >= 4 is 21.6 Å². The van der Waals surface area contributed by atoms with Crippen molar-refractivity contribution in [2.45, 2.75) is 52.1 Å². The highest BCUT2D eigenvalue weighted by atomic mass is 79.9. The second-order valence-electron chi connectivity index (χ2n) is 6.53. The standard InChI is InChI=1S/C15H21BrN4/c1-15(2)5-3-4-11(6-15)17-7-12-8-19-14-9-18-13(16)10-20(12)14/h8-11,17H,3-7H2,1-2H3. The molecule has 3 rings (SSSR count). The predicted octanol–water partition coefficient (Wildman–Crippen LogP) is 3.55. The van der Waals surface area contributed by atoms with Gasteiger partial charge in [-0.25, -0.2) is 9.97 Å². The Morgan fingerprint density at radius 1 is 1.40 bits per heavy atom. The van der Waals surface area contributed by atoms with Crippen molar-refractivity contribution in [1.29, 1.82) is 0 Å². The molecule has 1 saturated carbocycles. The molecule has 0 saturated heterocycles. The summed E-state index contributed by atoms with van der Waals surface area (Å²) >= 11 is 3.41. The van der Waals surface area contributed by atoms with Gasteiger partial charge < -0.3 is 5.32 Å². The first-order valence-corrected chi connectivity index (χ1v) is 8.04. The van der Waals surface area contributed by atoms with E-state index in [-0.39, 0.29) is 0 Å². The highest BCUT2D eigenvalue weighted by molar-refractivity contribution is 9.10. The van der Waals surface area contributed by atoms with E-state index in [0.29, 0.717) is 11.5 Å². The van der Waals surface area contributed by atoms with Gasteiger partial charge in [-0.1, -0.05) is 20.3 Å². The number of nitrogens with zero attached hydrogens (tertiary/aromatic N) is 3. The van der Waals surface area contributed by atoms with E-state index in [9.17, 15) is 0 Å². The van der Waals surface area contributed by atoms with Crippen LogP contribution in [0.2, 0.25) is 0 Å². The second-order valence-corrected chi connectivity index (χ2v) is 7.34. The van der Waals surface area contributed by atoms with Gasteiger partial charge >= 0.3 is 0 Å². The molecule has 1 aliphatic carbocycles. The van der Waals surface area contributed by atoms with Crippen molar-refractivity contribution in [3.8, 4) is 0 Å². The number of hydrogen-bond donors (Lipinski definition) is 1. The molecular formula is C15H21BrN4. The van der Waals surface area contributed by atoms with E-state index in [1.54, 1.807) is 6.20 Å². The molecule has 0 spiro atoms. The van der Waals surface area contributed by atoms with E-state index < -0.39 is 0 Å². The lowest BCUT2D eigenvalue weighted by molar-refractivity contribution is 0.197. The number of fused-ring (bicyclic) bond motifs is 1. The minimum atomic E-state index is 0.475. The number of nitrogens with one attached hydrogen (secondary N) is 1. The van der Waals surface area contributed by atoms with Gasteiger partial charge in [0.05, 0.1) is 18.1 Å². The maximum Gasteiger partial charge on any atom is 0.155 e. The van der Waals surface area contributed by atoms with Gasteiger partial charge in [0.2, 0.25) is 0 Å². The van der Waals surface area contributed by atoms with Gasteiger partial charge in [-0.05, 0) is 40.6 Å². The molecular weight excluding hydrogens is 316 g/mol. The highest BCUT2D eigenvalue weighted by Crippen LogP contribution is 2.35. The Morgan fingerprint density at radius 3 is 3.05 bits per heavy atom. The smallest absolute Gasteiger partial charge is 0.155 e. The molecule has 1 aliphatic rings. The van der Waals surface area contributed by atoms with Crippen molar-refractivity contribution in [3.63, 3.8) is 0 Å². The summed E-state index contributed by atoms with van der Waals surface area (Å²) in [6.07, 6.45) is 10.9. The third kappa shape index (κ3) is 3.04. The third-order valence-electron chi connectivity index (χ3n) is 4.22. The van der Waals surface area contributed by atoms with Crippen molar-refractivity contribution in [3.05, 3.63) is 28.9 Å². The average molecular weight is 337 g/mol. The molecule has 0 aliphatic heterocycles. The molecule has 2 aromatic heterocycles. The monoisotopic (exact) mass is 336 g/mol. The highest BCUT2D eigenvalue weighted by Gasteiger charge is 2.27. The Balaban J connectivity index is 1.69. The summed E-state index contributed by atoms with van der Waals surface area (Å²) in [5, 5.41) is 3.69. The number of hydrogen-bond acceptors (Lipinski definition) is 3. The van der Waals surface area contributed by atoms with Crippen LogP contribution < -0.4 is 5.32 Å². The molecule has 20 heavy (non-hydrogen) atoms. The minimum Gasteiger partial charge on any atom is -0.308 e. The van der Waals surface area contributed by atoms with Gasteiger partial charge in [-0.3, -0.25) is 4.40 Å². The lowest BCUT2D eigenvalue weighted by atomic mass is 9.75. The van der Waals surface area contributed by atoms with Crippen LogP contribution in [0.5, 0.6) is 0 Å². The molecule has 0 aromatic carbocycles. The molecule has 0 amide bonds. The summed E-state index contributed by atoms with van der Waals surface area (Å²) in [5.74, 6) is 0. The fourth-order valence-corrected chi connectivity index (χ4v) is 3.48. The Bertz CT molecular complexity index is 605. The van der Waals surface area contributed by atoms with Crippen LogP contribution in [0.1, 0.15) is 45.2 Å². The van der Waals surface area contributed by atoms with Gasteiger partial charge in [0.1, 0.15) is 4.60 Å². The quantitative estimate of drug-likeness (QED) is 0.931. The minimum absolute atomic E-state index is 0.475. The van der Waals surface area contributed by atoms with Crippen LogP contribution >= 0.6 is 15.9 Å². The molecule has 1 unspecified atom stereocenters. The zero-order chi connectivity index (χ0) is 14.2. The summed E-state index contributed by atoms with van der Waals surface area (Å²) in [6.45, 7) is 5.61. The molecule has 2 heterocycles. The van der Waals surface area contributed by atoms with E-state index in [1.165, 1.54) is 31.4 Å². The first-order valence-electron chi connectivity index (χ1n) is 7.24. The summed E-state index contributed by atoms with van der Waals surface area (Å²) in [5.41, 5.74) is 2.56. The van der Waals surface area contributed by atoms with Gasteiger partial charge in [-0.15, -0.1) is 0 Å². The van der Waals surface area contributed by atoms with E-state index in [4.69, 9.17) is 0 Å². The second kappa shape index (κ2) is 5.45. The van der Waals surface area contributed by atoms with Crippen molar-refractivity contribution < 1.29 is 0 Å². The van der Waals surface area contributed by atoms with Crippen LogP contribution in [0, 0.1) is 5.41 Å². The molecule has 0 radical (unpaired) electrons. The summed E-state index contributed by atoms with van der Waals surface area (Å²) < 4.78 is 2.93. The summed E-state index contributed by atoms with van der Waals surface area (Å²) in [6, 6.07) is 0.620. The van der Waals surface area contributed by atoms with E-state index in [2.05, 4.69) is 49.5 Å². The molecule has 2 aromatic rings. The van der Waals surface area contributed by atoms with Crippen molar-refractivity contribution in [2.24, 2.45) is 5.41 Å². The Labute approximate surface area is 128 Å². The normalized spacial score (nSPS) is 22.2. The van der Waals surface area contributed by atoms with Gasteiger partial charge in [0.15, 0.2) is 5.65 Å². The lowest BCUT2D eigenvalue weighted by Crippen LogP contribution is -2.37. The van der Waals surface area contributed by atoms with E-state index >= 15 is 0 Å². The number of aromatic nitrogens is 3. The Hall–Kier alpha value is -0.940. The molecule has 1 atom stereocenters. The van der Waals surface area contributed by atoms with Crippen LogP contribution in [0.15, 0.2) is 23.2 Å². The fourth-order valence-electron chi connectivity index (χ4n) is 3.17. The van der Waals surface area contributed by atoms with Crippen molar-refractivity contribution in [1.82, 2.24) is 19.7 Å². The molecule has 5 heteroatoms. The van der Waals surface area contributed by atoms with Gasteiger partial charge in [0.25, 0.3) is 0 Å². The topological polar surface area (TPSA) is 42.2 Å². The molecule has 108 valence electrons. The lowest BCUT2D eigenvalue weighted by Gasteiger charge is -2.35. The average Bonchev–Trinajstić information content (AvgIpc) is 2.77. The zero-order valence-electron chi connectivity index (χ0n) is 12.1. The fraction of sp³-hybridized carbons (Fsp3) is 0.600. The van der Waals surface area contributed by atoms with Gasteiger partial charge in [0, 0.05) is 18.8 Å². The first kappa shape index (κ1) is 14.0. The van der Waals surface area contributed by atoms with Crippen LogP contribution in [0.4, 0.5) is 0 Å². The Morgan fingerprint density at radius 2 is 2.25 bits per heavy atom. The maximum absolute atomic E-state index is 4.39. The molecule has 1 fully saturated rings. The number of halogens is 1. The van der Waals surface area contributed by atoms with Crippen LogP contribution in [-0.2, 0) is 6.54 Å². The number of rotatable bonds is 3. The summed E-state index contributed by atoms with van der Waals surface area (Å²) in [7, 11) is 0. The number of imidazole rings is 1. The molecule has 4 nitrogen and oxygen atoms in total. The Kier molecular flexibility index (Phi) is 3.82. The molecule has 0 bridgehead atoms. The zero-order valence-corrected chi connectivity index (χ0v) is 13.7. The maximum atomic E-state index is 4.39. The van der Waals surface area contributed by atoms with Crippen LogP contribution in [0.3, 0.4) is 0 Å². The summed E-state index contributed by atoms with van der Waals surface area (Å²) in [4.78, 5) is 8.59. The van der Waals surface area contributed by atoms with E-state index in [1.807, 2.05) is 12.4 Å². The SMILES string of the molecule is CC1(C)CCCC(NCc2cnc3cnc(Br)cn23)C1. The van der Waals surface area contributed by atoms with E-state index in [0.717, 1.165) is 16.8 Å². The van der Waals surface area contributed by atoms with Gasteiger partial charge in [-0.2, -0.15) is 0 Å². The third-order valence-corrected chi connectivity index (χ3v) is 4.63. The van der Waals surface area contributed by atoms with Crippen LogP contribution in [-0.4, -0.2) is 20.4 Å². The predicted molar refractivity (Wildman–Crippen MR) is 83.6 cm³/mol. The first-order chi connectivity index (χ1) is 9.53. The van der Waals surface area contributed by atoms with Crippen molar-refractivity contribution in [2.75, 3.05) is 0 Å².